The summed E-state index contributed by atoms with van der Waals surface area (Å²) < 4.78 is 9.08. The number of β-amino-alcohol motifs (C(OH)–C–C–N with tert-alkyl or cyclic N) is 1. The van der Waals surface area contributed by atoms with Gasteiger partial charge in [-0.3, -0.25) is 9.59 Å². The average Bonchev–Trinajstić information content (AvgIpc) is 2.77. The smallest absolute Gasteiger partial charge is 0.436 e. The summed E-state index contributed by atoms with van der Waals surface area (Å²) in [6, 6.07) is -2.26. The van der Waals surface area contributed by atoms with Crippen molar-refractivity contribution < 1.29 is 48.1 Å². The second kappa shape index (κ2) is 11.7. The summed E-state index contributed by atoms with van der Waals surface area (Å²) in [6.45, 7) is 4.17. The minimum atomic E-state index is -1.37. The summed E-state index contributed by atoms with van der Waals surface area (Å²) in [4.78, 5) is 62.5. The van der Waals surface area contributed by atoms with Crippen molar-refractivity contribution in [2.24, 2.45) is 0 Å². The Labute approximate surface area is 180 Å². The Hall–Kier alpha value is -2.57. The number of aliphatic hydroxyl groups is 2. The van der Waals surface area contributed by atoms with E-state index in [1.807, 2.05) is 0 Å². The quantitative estimate of drug-likeness (QED) is 0.321. The minimum absolute atomic E-state index is 0.138. The normalized spacial score (nSPS) is 18.1. The van der Waals surface area contributed by atoms with Gasteiger partial charge in [0.2, 0.25) is 0 Å². The molecule has 0 saturated carbocycles. The summed E-state index contributed by atoms with van der Waals surface area (Å²) in [5.74, 6) is -1.45. The average molecular weight is 446 g/mol. The van der Waals surface area contributed by atoms with E-state index in [2.05, 4.69) is 0 Å². The molecule has 31 heavy (non-hydrogen) atoms. The van der Waals surface area contributed by atoms with Crippen LogP contribution in [-0.4, -0.2) is 107 Å². The number of aliphatic hydroxyl groups excluding tert-OH is 2. The lowest BCUT2D eigenvalue weighted by Crippen LogP contribution is -2.73. The summed E-state index contributed by atoms with van der Waals surface area (Å²) in [5.41, 5.74) is 0. The van der Waals surface area contributed by atoms with E-state index < -0.39 is 59.9 Å². The van der Waals surface area contributed by atoms with Gasteiger partial charge in [-0.1, -0.05) is 6.92 Å². The molecule has 0 aliphatic carbocycles. The molecule has 1 heterocycles. The third-order valence-corrected chi connectivity index (χ3v) is 5.12. The van der Waals surface area contributed by atoms with Crippen molar-refractivity contribution in [2.75, 3.05) is 39.9 Å². The number of quaternary nitrogens is 1. The van der Waals surface area contributed by atoms with Gasteiger partial charge in [-0.2, -0.15) is 4.48 Å². The van der Waals surface area contributed by atoms with Crippen LogP contribution in [0.25, 0.3) is 0 Å². The molecular formula is C19H32N3O9+. The fraction of sp³-hybridized carbons (Fsp3) is 0.737. The number of amides is 6. The van der Waals surface area contributed by atoms with E-state index in [9.17, 15) is 34.2 Å². The number of carbonyl (C=O) groups is 5. The lowest BCUT2D eigenvalue weighted by atomic mass is 10.3. The Bertz CT molecular complexity index is 693. The van der Waals surface area contributed by atoms with E-state index >= 15 is 0 Å². The Morgan fingerprint density at radius 3 is 1.84 bits per heavy atom. The van der Waals surface area contributed by atoms with Crippen LogP contribution >= 0.6 is 0 Å². The van der Waals surface area contributed by atoms with Crippen LogP contribution in [0.5, 0.6) is 0 Å². The molecule has 1 rings (SSSR count). The van der Waals surface area contributed by atoms with Crippen molar-refractivity contribution in [1.29, 1.82) is 0 Å². The number of esters is 2. The number of imide groups is 3. The first-order valence-electron chi connectivity index (χ1n) is 10.2. The van der Waals surface area contributed by atoms with Gasteiger partial charge in [0.05, 0.1) is 38.6 Å². The highest BCUT2D eigenvalue weighted by atomic mass is 16.5. The van der Waals surface area contributed by atoms with E-state index in [0.29, 0.717) is 6.42 Å². The number of nitrogens with zero attached hydrogens (tertiary/aromatic N) is 3. The number of urea groups is 3. The molecule has 0 aromatic rings. The zero-order valence-corrected chi connectivity index (χ0v) is 18.4. The summed E-state index contributed by atoms with van der Waals surface area (Å²) in [5, 5.41) is 19.5. The molecule has 0 bridgehead atoms. The maximum absolute atomic E-state index is 12.8. The van der Waals surface area contributed by atoms with Gasteiger partial charge >= 0.3 is 30.0 Å². The van der Waals surface area contributed by atoms with Gasteiger partial charge in [-0.15, -0.1) is 0 Å². The maximum Gasteiger partial charge on any atom is 0.436 e. The summed E-state index contributed by atoms with van der Waals surface area (Å²) in [6.07, 6.45) is -2.26. The third-order valence-electron chi connectivity index (χ3n) is 5.12. The van der Waals surface area contributed by atoms with Crippen molar-refractivity contribution >= 4 is 30.0 Å². The minimum Gasteiger partial charge on any atom is -0.463 e. The monoisotopic (exact) mass is 446 g/mol. The van der Waals surface area contributed by atoms with Crippen LogP contribution in [-0.2, 0) is 19.1 Å². The van der Waals surface area contributed by atoms with Crippen LogP contribution in [0, 0.1) is 0 Å². The molecule has 1 aliphatic rings. The molecule has 0 radical (unpaired) electrons. The third kappa shape index (κ3) is 6.45. The number of ether oxygens (including phenoxy) is 2. The van der Waals surface area contributed by atoms with E-state index in [1.54, 1.807) is 20.8 Å². The van der Waals surface area contributed by atoms with Crippen molar-refractivity contribution in [1.82, 2.24) is 9.80 Å². The van der Waals surface area contributed by atoms with Gasteiger partial charge in [-0.05, 0) is 20.3 Å². The van der Waals surface area contributed by atoms with Gasteiger partial charge < -0.3 is 19.7 Å². The van der Waals surface area contributed by atoms with E-state index in [0.717, 1.165) is 9.80 Å². The molecule has 12 nitrogen and oxygen atoms in total. The highest BCUT2D eigenvalue weighted by Gasteiger charge is 2.55. The Morgan fingerprint density at radius 1 is 0.903 bits per heavy atom. The lowest BCUT2D eigenvalue weighted by molar-refractivity contribution is -0.773. The standard InChI is InChI=1S/C19H32N3O9/c1-5-13(23)11-30-15(25)8-9-16(26)31-12-14(24)10-21-17(27)20(4)18(28)22(6-2,7-3)19(21)29/h13-14,23-24H,5-12H2,1-4H3/q+1. The summed E-state index contributed by atoms with van der Waals surface area (Å²) >= 11 is 0. The van der Waals surface area contributed by atoms with Crippen molar-refractivity contribution in [2.45, 2.75) is 52.2 Å². The Morgan fingerprint density at radius 2 is 1.39 bits per heavy atom. The topological polar surface area (TPSA) is 151 Å². The van der Waals surface area contributed by atoms with E-state index in [1.165, 1.54) is 7.05 Å². The molecule has 2 unspecified atom stereocenters. The molecular weight excluding hydrogens is 414 g/mol. The fourth-order valence-electron chi connectivity index (χ4n) is 2.97. The van der Waals surface area contributed by atoms with Crippen LogP contribution in [0.4, 0.5) is 14.4 Å². The zero-order valence-electron chi connectivity index (χ0n) is 18.4. The molecule has 2 N–H and O–H groups in total. The number of hydrogen-bond donors (Lipinski definition) is 2. The van der Waals surface area contributed by atoms with Gasteiger partial charge in [0, 0.05) is 7.05 Å². The second-order valence-corrected chi connectivity index (χ2v) is 7.20. The molecule has 0 aromatic heterocycles. The van der Waals surface area contributed by atoms with Crippen LogP contribution < -0.4 is 0 Å². The van der Waals surface area contributed by atoms with Gasteiger partial charge in [0.15, 0.2) is 0 Å². The molecule has 0 spiro atoms. The van der Waals surface area contributed by atoms with Crippen molar-refractivity contribution in [3.05, 3.63) is 0 Å². The Kier molecular flexibility index (Phi) is 10.0. The van der Waals surface area contributed by atoms with Crippen molar-refractivity contribution in [3.8, 4) is 0 Å². The van der Waals surface area contributed by atoms with Crippen LogP contribution in [0.1, 0.15) is 40.0 Å². The largest absolute Gasteiger partial charge is 0.463 e. The molecule has 1 fully saturated rings. The number of rotatable bonds is 12. The highest BCUT2D eigenvalue weighted by molar-refractivity contribution is 6.05. The molecule has 1 saturated heterocycles. The van der Waals surface area contributed by atoms with Crippen molar-refractivity contribution in [3.63, 3.8) is 0 Å². The van der Waals surface area contributed by atoms with Gasteiger partial charge in [0.25, 0.3) is 0 Å². The zero-order chi connectivity index (χ0) is 23.8. The number of carbonyl (C=O) groups excluding carboxylic acids is 5. The SMILES string of the molecule is CCC(O)COC(=O)CCC(=O)OCC(O)CN1C(=O)N(C)C(=O)[N+](CC)(CC)C1=O. The first-order chi connectivity index (χ1) is 14.5. The predicted octanol–water partition coefficient (Wildman–Crippen LogP) is 0.449. The van der Waals surface area contributed by atoms with E-state index in [-0.39, 0.29) is 32.5 Å². The molecule has 176 valence electrons. The second-order valence-electron chi connectivity index (χ2n) is 7.20. The van der Waals surface area contributed by atoms with E-state index in [4.69, 9.17) is 9.47 Å². The summed E-state index contributed by atoms with van der Waals surface area (Å²) in [7, 11) is 1.26. The molecule has 0 aromatic carbocycles. The van der Waals surface area contributed by atoms with Crippen LogP contribution in [0.3, 0.4) is 0 Å². The van der Waals surface area contributed by atoms with Crippen LogP contribution in [0.15, 0.2) is 0 Å². The first-order valence-corrected chi connectivity index (χ1v) is 10.2. The van der Waals surface area contributed by atoms with Crippen LogP contribution in [0.2, 0.25) is 0 Å². The number of hydrogen-bond acceptors (Lipinski definition) is 9. The molecule has 12 heteroatoms. The maximum atomic E-state index is 12.8. The fourth-order valence-corrected chi connectivity index (χ4v) is 2.97. The molecule has 2 atom stereocenters. The predicted molar refractivity (Wildman–Crippen MR) is 105 cm³/mol. The lowest BCUT2D eigenvalue weighted by Gasteiger charge is -2.41. The Balaban J connectivity index is 2.56. The molecule has 1 aliphatic heterocycles. The highest BCUT2D eigenvalue weighted by Crippen LogP contribution is 2.23. The van der Waals surface area contributed by atoms with Gasteiger partial charge in [0.1, 0.15) is 19.3 Å². The van der Waals surface area contributed by atoms with Gasteiger partial charge in [-0.25, -0.2) is 24.2 Å². The molecule has 6 amide bonds. The first kappa shape index (κ1) is 26.5.